The number of hydrogen-bond donors (Lipinski definition) is 2. The van der Waals surface area contributed by atoms with Crippen molar-refractivity contribution in [2.75, 3.05) is 26.3 Å². The van der Waals surface area contributed by atoms with Gasteiger partial charge in [0.05, 0.1) is 6.61 Å². The Hall–Kier alpha value is -0.120. The van der Waals surface area contributed by atoms with Crippen molar-refractivity contribution in [3.05, 3.63) is 0 Å². The van der Waals surface area contributed by atoms with Gasteiger partial charge in [-0.05, 0) is 25.8 Å². The number of likely N-dealkylation sites (tertiary alicyclic amines) is 1. The van der Waals surface area contributed by atoms with Crippen molar-refractivity contribution >= 4 is 0 Å². The summed E-state index contributed by atoms with van der Waals surface area (Å²) in [5.74, 6) is 0. The van der Waals surface area contributed by atoms with E-state index in [-0.39, 0.29) is 13.2 Å². The topological polar surface area (TPSA) is 43.7 Å². The molecule has 1 aliphatic heterocycles. The normalized spacial score (nSPS) is 26.0. The minimum absolute atomic E-state index is 0.238. The Morgan fingerprint density at radius 2 is 2.00 bits per heavy atom. The maximum Gasteiger partial charge on any atom is 0.0558 e. The van der Waals surface area contributed by atoms with Gasteiger partial charge in [0, 0.05) is 19.2 Å². The molecule has 72 valence electrons. The minimum Gasteiger partial charge on any atom is -0.396 e. The highest BCUT2D eigenvalue weighted by molar-refractivity contribution is 4.76. The van der Waals surface area contributed by atoms with Gasteiger partial charge in [-0.2, -0.15) is 0 Å². The Morgan fingerprint density at radius 3 is 2.67 bits per heavy atom. The summed E-state index contributed by atoms with van der Waals surface area (Å²) < 4.78 is 0. The Bertz CT molecular complexity index is 101. The third-order valence-electron chi connectivity index (χ3n) is 2.60. The number of nitrogens with zero attached hydrogens (tertiary/aromatic N) is 1. The van der Waals surface area contributed by atoms with Gasteiger partial charge in [0.25, 0.3) is 0 Å². The molecular formula is C9H19NO2. The summed E-state index contributed by atoms with van der Waals surface area (Å²) in [4.78, 5) is 2.29. The lowest BCUT2D eigenvalue weighted by molar-refractivity contribution is 0.0969. The average Bonchev–Trinajstić information content (AvgIpc) is 2.09. The number of hydrogen-bond acceptors (Lipinski definition) is 3. The standard InChI is InChI=1S/C9H19NO2/c11-7-4-9-3-1-2-5-10(9)6-8-12/h9,11-12H,1-8H2. The van der Waals surface area contributed by atoms with Crippen LogP contribution in [0.15, 0.2) is 0 Å². The molecule has 0 aromatic heterocycles. The molecule has 0 radical (unpaired) electrons. The van der Waals surface area contributed by atoms with Crippen LogP contribution in [0.3, 0.4) is 0 Å². The van der Waals surface area contributed by atoms with Crippen LogP contribution in [-0.2, 0) is 0 Å². The second-order valence-electron chi connectivity index (χ2n) is 3.42. The van der Waals surface area contributed by atoms with Crippen LogP contribution < -0.4 is 0 Å². The number of β-amino-alcohol motifs (C(OH)–C–C–N with tert-alkyl or cyclic N) is 1. The van der Waals surface area contributed by atoms with Crippen molar-refractivity contribution in [2.24, 2.45) is 0 Å². The fourth-order valence-corrected chi connectivity index (χ4v) is 1.96. The zero-order valence-electron chi connectivity index (χ0n) is 7.58. The molecule has 0 aliphatic carbocycles. The molecule has 3 nitrogen and oxygen atoms in total. The van der Waals surface area contributed by atoms with E-state index in [0.717, 1.165) is 19.5 Å². The van der Waals surface area contributed by atoms with E-state index in [0.29, 0.717) is 6.04 Å². The van der Waals surface area contributed by atoms with Crippen molar-refractivity contribution in [1.82, 2.24) is 4.90 Å². The quantitative estimate of drug-likeness (QED) is 0.639. The van der Waals surface area contributed by atoms with Crippen LogP contribution in [0.25, 0.3) is 0 Å². The Morgan fingerprint density at radius 1 is 1.17 bits per heavy atom. The molecule has 0 amide bonds. The zero-order chi connectivity index (χ0) is 8.81. The molecular weight excluding hydrogens is 154 g/mol. The zero-order valence-corrected chi connectivity index (χ0v) is 7.58. The first kappa shape index (κ1) is 9.96. The van der Waals surface area contributed by atoms with Gasteiger partial charge in [-0.3, -0.25) is 4.90 Å². The molecule has 2 N–H and O–H groups in total. The first-order chi connectivity index (χ1) is 5.88. The van der Waals surface area contributed by atoms with Crippen LogP contribution in [0.4, 0.5) is 0 Å². The van der Waals surface area contributed by atoms with E-state index in [1.807, 2.05) is 0 Å². The summed E-state index contributed by atoms with van der Waals surface area (Å²) in [5.41, 5.74) is 0. The van der Waals surface area contributed by atoms with Gasteiger partial charge in [-0.1, -0.05) is 6.42 Å². The van der Waals surface area contributed by atoms with Crippen molar-refractivity contribution in [1.29, 1.82) is 0 Å². The maximum atomic E-state index is 8.82. The minimum atomic E-state index is 0.238. The highest BCUT2D eigenvalue weighted by Gasteiger charge is 2.20. The van der Waals surface area contributed by atoms with Gasteiger partial charge in [0.2, 0.25) is 0 Å². The molecule has 1 heterocycles. The monoisotopic (exact) mass is 173 g/mol. The first-order valence-electron chi connectivity index (χ1n) is 4.84. The van der Waals surface area contributed by atoms with Crippen LogP contribution >= 0.6 is 0 Å². The van der Waals surface area contributed by atoms with Crippen molar-refractivity contribution in [3.63, 3.8) is 0 Å². The summed E-state index contributed by atoms with van der Waals surface area (Å²) >= 11 is 0. The smallest absolute Gasteiger partial charge is 0.0558 e. The van der Waals surface area contributed by atoms with Gasteiger partial charge in [-0.25, -0.2) is 0 Å². The molecule has 1 aliphatic rings. The molecule has 0 aromatic rings. The average molecular weight is 173 g/mol. The van der Waals surface area contributed by atoms with E-state index < -0.39 is 0 Å². The molecule has 1 saturated heterocycles. The lowest BCUT2D eigenvalue weighted by Crippen LogP contribution is -2.41. The lowest BCUT2D eigenvalue weighted by Gasteiger charge is -2.34. The highest BCUT2D eigenvalue weighted by Crippen LogP contribution is 2.18. The van der Waals surface area contributed by atoms with Crippen LogP contribution in [0.1, 0.15) is 25.7 Å². The predicted octanol–water partition coefficient (Wildman–Crippen LogP) is 0.216. The largest absolute Gasteiger partial charge is 0.396 e. The van der Waals surface area contributed by atoms with Gasteiger partial charge < -0.3 is 10.2 Å². The molecule has 0 aromatic carbocycles. The van der Waals surface area contributed by atoms with Crippen LogP contribution in [0.5, 0.6) is 0 Å². The fourth-order valence-electron chi connectivity index (χ4n) is 1.96. The molecule has 0 bridgehead atoms. The van der Waals surface area contributed by atoms with E-state index in [4.69, 9.17) is 10.2 Å². The number of aliphatic hydroxyl groups excluding tert-OH is 2. The Balaban J connectivity index is 2.31. The van der Waals surface area contributed by atoms with E-state index >= 15 is 0 Å². The number of aliphatic hydroxyl groups is 2. The first-order valence-corrected chi connectivity index (χ1v) is 4.84. The second kappa shape index (κ2) is 5.51. The van der Waals surface area contributed by atoms with E-state index in [1.165, 1.54) is 19.3 Å². The Kier molecular flexibility index (Phi) is 4.58. The van der Waals surface area contributed by atoms with Gasteiger partial charge >= 0.3 is 0 Å². The summed E-state index contributed by atoms with van der Waals surface area (Å²) in [7, 11) is 0. The van der Waals surface area contributed by atoms with Gasteiger partial charge in [0.1, 0.15) is 0 Å². The summed E-state index contributed by atoms with van der Waals surface area (Å²) in [6.07, 6.45) is 4.55. The lowest BCUT2D eigenvalue weighted by atomic mass is 10.00. The van der Waals surface area contributed by atoms with E-state index in [9.17, 15) is 0 Å². The van der Waals surface area contributed by atoms with E-state index in [2.05, 4.69) is 4.90 Å². The summed E-state index contributed by atoms with van der Waals surface area (Å²) in [6.45, 7) is 2.37. The second-order valence-corrected chi connectivity index (χ2v) is 3.42. The predicted molar refractivity (Wildman–Crippen MR) is 48.0 cm³/mol. The molecule has 12 heavy (non-hydrogen) atoms. The van der Waals surface area contributed by atoms with Crippen molar-refractivity contribution < 1.29 is 10.2 Å². The SMILES string of the molecule is OCCC1CCCCN1CCO. The molecule has 0 spiro atoms. The van der Waals surface area contributed by atoms with Gasteiger partial charge in [0.15, 0.2) is 0 Å². The summed E-state index contributed by atoms with van der Waals surface area (Å²) in [6, 6.07) is 0.510. The van der Waals surface area contributed by atoms with Gasteiger partial charge in [-0.15, -0.1) is 0 Å². The molecule has 1 fully saturated rings. The Labute approximate surface area is 74.0 Å². The molecule has 1 rings (SSSR count). The maximum absolute atomic E-state index is 8.82. The third-order valence-corrected chi connectivity index (χ3v) is 2.60. The number of rotatable bonds is 4. The van der Waals surface area contributed by atoms with Crippen molar-refractivity contribution in [2.45, 2.75) is 31.7 Å². The van der Waals surface area contributed by atoms with Crippen LogP contribution in [-0.4, -0.2) is 47.5 Å². The molecule has 3 heteroatoms. The fraction of sp³-hybridized carbons (Fsp3) is 1.00. The highest BCUT2D eigenvalue weighted by atomic mass is 16.3. The molecule has 0 saturated carbocycles. The van der Waals surface area contributed by atoms with Crippen LogP contribution in [0.2, 0.25) is 0 Å². The third kappa shape index (κ3) is 2.73. The summed E-state index contributed by atoms with van der Waals surface area (Å²) in [5, 5.41) is 17.6. The number of piperidine rings is 1. The van der Waals surface area contributed by atoms with Crippen molar-refractivity contribution in [3.8, 4) is 0 Å². The molecule has 1 atom stereocenters. The van der Waals surface area contributed by atoms with Crippen LogP contribution in [0, 0.1) is 0 Å². The molecule has 1 unspecified atom stereocenters. The van der Waals surface area contributed by atoms with E-state index in [1.54, 1.807) is 0 Å².